The lowest BCUT2D eigenvalue weighted by Gasteiger charge is -2.34. The van der Waals surface area contributed by atoms with E-state index in [0.717, 1.165) is 19.6 Å². The van der Waals surface area contributed by atoms with Crippen LogP contribution < -0.4 is 10.6 Å². The molecule has 1 saturated heterocycles. The Morgan fingerprint density at radius 3 is 2.93 bits per heavy atom. The van der Waals surface area contributed by atoms with E-state index >= 15 is 0 Å². The summed E-state index contributed by atoms with van der Waals surface area (Å²) < 4.78 is 4.96. The van der Waals surface area contributed by atoms with Crippen LogP contribution in [0.4, 0.5) is 0 Å². The van der Waals surface area contributed by atoms with Gasteiger partial charge in [0.05, 0.1) is 0 Å². The van der Waals surface area contributed by atoms with Crippen molar-refractivity contribution < 1.29 is 9.53 Å². The van der Waals surface area contributed by atoms with Gasteiger partial charge in [-0.15, -0.1) is 0 Å². The SMILES string of the molecule is COC(C)C(=O)NCC1(C)CCCNC1. The Hall–Kier alpha value is -0.610. The number of amides is 1. The van der Waals surface area contributed by atoms with Crippen LogP contribution in [-0.2, 0) is 9.53 Å². The van der Waals surface area contributed by atoms with Crippen molar-refractivity contribution in [1.29, 1.82) is 0 Å². The molecular formula is C11H22N2O2. The molecule has 0 aromatic carbocycles. The first kappa shape index (κ1) is 12.5. The fourth-order valence-electron chi connectivity index (χ4n) is 1.82. The summed E-state index contributed by atoms with van der Waals surface area (Å²) in [4.78, 5) is 11.5. The average Bonchev–Trinajstić information content (AvgIpc) is 2.26. The Labute approximate surface area is 91.8 Å². The van der Waals surface area contributed by atoms with E-state index in [9.17, 15) is 4.79 Å². The molecule has 0 radical (unpaired) electrons. The molecule has 1 rings (SSSR count). The Bertz CT molecular complexity index is 213. The number of carbonyl (C=O) groups excluding carboxylic acids is 1. The predicted molar refractivity (Wildman–Crippen MR) is 59.7 cm³/mol. The molecule has 0 saturated carbocycles. The summed E-state index contributed by atoms with van der Waals surface area (Å²) in [5.74, 6) is -0.0238. The molecule has 2 atom stereocenters. The molecule has 2 unspecified atom stereocenters. The maximum absolute atomic E-state index is 11.5. The Kier molecular flexibility index (Phi) is 4.54. The number of hydrogen-bond acceptors (Lipinski definition) is 3. The van der Waals surface area contributed by atoms with E-state index in [4.69, 9.17) is 4.74 Å². The molecule has 0 aromatic heterocycles. The van der Waals surface area contributed by atoms with Crippen molar-refractivity contribution in [3.63, 3.8) is 0 Å². The minimum absolute atomic E-state index is 0.0238. The molecule has 4 nitrogen and oxygen atoms in total. The number of rotatable bonds is 4. The van der Waals surface area contributed by atoms with Crippen LogP contribution in [0.1, 0.15) is 26.7 Å². The largest absolute Gasteiger partial charge is 0.372 e. The highest BCUT2D eigenvalue weighted by Gasteiger charge is 2.27. The number of ether oxygens (including phenoxy) is 1. The zero-order valence-corrected chi connectivity index (χ0v) is 9.93. The topological polar surface area (TPSA) is 50.4 Å². The van der Waals surface area contributed by atoms with Crippen molar-refractivity contribution in [2.45, 2.75) is 32.8 Å². The first-order valence-electron chi connectivity index (χ1n) is 5.59. The molecule has 1 fully saturated rings. The third kappa shape index (κ3) is 3.80. The summed E-state index contributed by atoms with van der Waals surface area (Å²) in [5, 5.41) is 6.30. The van der Waals surface area contributed by atoms with Gasteiger partial charge in [-0.2, -0.15) is 0 Å². The van der Waals surface area contributed by atoms with Gasteiger partial charge in [-0.1, -0.05) is 6.92 Å². The summed E-state index contributed by atoms with van der Waals surface area (Å²) >= 11 is 0. The van der Waals surface area contributed by atoms with E-state index in [-0.39, 0.29) is 17.4 Å². The van der Waals surface area contributed by atoms with Gasteiger partial charge >= 0.3 is 0 Å². The van der Waals surface area contributed by atoms with Crippen LogP contribution in [0.2, 0.25) is 0 Å². The second kappa shape index (κ2) is 5.47. The zero-order chi connectivity index (χ0) is 11.3. The maximum Gasteiger partial charge on any atom is 0.248 e. The average molecular weight is 214 g/mol. The second-order valence-electron chi connectivity index (χ2n) is 4.69. The van der Waals surface area contributed by atoms with Crippen LogP contribution >= 0.6 is 0 Å². The number of hydrogen-bond donors (Lipinski definition) is 2. The first-order valence-corrected chi connectivity index (χ1v) is 5.59. The Morgan fingerprint density at radius 2 is 2.40 bits per heavy atom. The lowest BCUT2D eigenvalue weighted by molar-refractivity contribution is -0.130. The molecule has 1 heterocycles. The van der Waals surface area contributed by atoms with Gasteiger partial charge in [-0.05, 0) is 31.7 Å². The molecule has 2 N–H and O–H groups in total. The van der Waals surface area contributed by atoms with E-state index in [0.29, 0.717) is 0 Å². The molecule has 88 valence electrons. The van der Waals surface area contributed by atoms with Crippen molar-refractivity contribution in [2.75, 3.05) is 26.7 Å². The zero-order valence-electron chi connectivity index (χ0n) is 9.93. The predicted octanol–water partition coefficient (Wildman–Crippen LogP) is 0.527. The molecule has 0 aliphatic carbocycles. The normalized spacial score (nSPS) is 28.5. The molecule has 0 bridgehead atoms. The molecule has 1 amide bonds. The second-order valence-corrected chi connectivity index (χ2v) is 4.69. The van der Waals surface area contributed by atoms with Gasteiger partial charge < -0.3 is 15.4 Å². The van der Waals surface area contributed by atoms with Crippen molar-refractivity contribution >= 4 is 5.91 Å². The number of nitrogens with one attached hydrogen (secondary N) is 2. The summed E-state index contributed by atoms with van der Waals surface area (Å²) in [6, 6.07) is 0. The standard InChI is InChI=1S/C11H22N2O2/c1-9(15-3)10(14)13-8-11(2)5-4-6-12-7-11/h9,12H,4-8H2,1-3H3,(H,13,14). The lowest BCUT2D eigenvalue weighted by Crippen LogP contribution is -2.47. The van der Waals surface area contributed by atoms with Gasteiger partial charge in [0, 0.05) is 20.2 Å². The van der Waals surface area contributed by atoms with Crippen molar-refractivity contribution in [3.8, 4) is 0 Å². The molecule has 0 spiro atoms. The first-order chi connectivity index (χ1) is 7.07. The van der Waals surface area contributed by atoms with Gasteiger partial charge in [0.15, 0.2) is 0 Å². The highest BCUT2D eigenvalue weighted by molar-refractivity contribution is 5.80. The summed E-state index contributed by atoms with van der Waals surface area (Å²) in [5.41, 5.74) is 0.196. The van der Waals surface area contributed by atoms with Crippen LogP contribution in [0.5, 0.6) is 0 Å². The smallest absolute Gasteiger partial charge is 0.248 e. The Balaban J connectivity index is 2.31. The molecular weight excluding hydrogens is 192 g/mol. The van der Waals surface area contributed by atoms with Gasteiger partial charge in [0.1, 0.15) is 6.10 Å². The molecule has 1 aliphatic rings. The van der Waals surface area contributed by atoms with E-state index in [1.54, 1.807) is 14.0 Å². The van der Waals surface area contributed by atoms with Crippen LogP contribution in [0.25, 0.3) is 0 Å². The van der Waals surface area contributed by atoms with Gasteiger partial charge in [-0.3, -0.25) is 4.79 Å². The number of carbonyl (C=O) groups is 1. The summed E-state index contributed by atoms with van der Waals surface area (Å²) in [6.45, 7) is 6.77. The quantitative estimate of drug-likeness (QED) is 0.717. The fourth-order valence-corrected chi connectivity index (χ4v) is 1.82. The number of methoxy groups -OCH3 is 1. The van der Waals surface area contributed by atoms with Crippen molar-refractivity contribution in [2.24, 2.45) is 5.41 Å². The molecule has 0 aromatic rings. The fraction of sp³-hybridized carbons (Fsp3) is 0.909. The summed E-state index contributed by atoms with van der Waals surface area (Å²) in [7, 11) is 1.55. The van der Waals surface area contributed by atoms with Gasteiger partial charge in [0.25, 0.3) is 0 Å². The van der Waals surface area contributed by atoms with Gasteiger partial charge in [-0.25, -0.2) is 0 Å². The van der Waals surface area contributed by atoms with Gasteiger partial charge in [0.2, 0.25) is 5.91 Å². The highest BCUT2D eigenvalue weighted by Crippen LogP contribution is 2.24. The Morgan fingerprint density at radius 1 is 1.67 bits per heavy atom. The minimum Gasteiger partial charge on any atom is -0.372 e. The van der Waals surface area contributed by atoms with Crippen LogP contribution in [0.3, 0.4) is 0 Å². The monoisotopic (exact) mass is 214 g/mol. The third-order valence-corrected chi connectivity index (χ3v) is 3.10. The summed E-state index contributed by atoms with van der Waals surface area (Å²) in [6.07, 6.45) is 2.00. The van der Waals surface area contributed by atoms with Crippen molar-refractivity contribution in [3.05, 3.63) is 0 Å². The van der Waals surface area contributed by atoms with Crippen LogP contribution in [-0.4, -0.2) is 38.8 Å². The number of piperidine rings is 1. The lowest BCUT2D eigenvalue weighted by atomic mass is 9.83. The molecule has 15 heavy (non-hydrogen) atoms. The molecule has 4 heteroatoms. The third-order valence-electron chi connectivity index (χ3n) is 3.10. The van der Waals surface area contributed by atoms with Crippen LogP contribution in [0.15, 0.2) is 0 Å². The highest BCUT2D eigenvalue weighted by atomic mass is 16.5. The maximum atomic E-state index is 11.5. The van der Waals surface area contributed by atoms with E-state index < -0.39 is 0 Å². The van der Waals surface area contributed by atoms with E-state index in [2.05, 4.69) is 17.6 Å². The van der Waals surface area contributed by atoms with Crippen LogP contribution in [0, 0.1) is 5.41 Å². The van der Waals surface area contributed by atoms with Crippen molar-refractivity contribution in [1.82, 2.24) is 10.6 Å². The molecule has 1 aliphatic heterocycles. The minimum atomic E-state index is -0.356. The van der Waals surface area contributed by atoms with E-state index in [1.165, 1.54) is 12.8 Å². The van der Waals surface area contributed by atoms with E-state index in [1.807, 2.05) is 0 Å².